The number of carbonyl (C=O) groups excluding carboxylic acids is 1. The Labute approximate surface area is 144 Å². The lowest BCUT2D eigenvalue weighted by Gasteiger charge is -2.03. The molecule has 0 saturated carbocycles. The van der Waals surface area contributed by atoms with Crippen molar-refractivity contribution in [3.05, 3.63) is 57.9 Å². The average molecular weight is 391 g/mol. The van der Waals surface area contributed by atoms with E-state index in [0.29, 0.717) is 5.69 Å². The average Bonchev–Trinajstić information content (AvgIpc) is 3.02. The number of anilines is 1. The molecule has 0 aliphatic rings. The van der Waals surface area contributed by atoms with Gasteiger partial charge < -0.3 is 10.5 Å². The number of halogens is 1. The van der Waals surface area contributed by atoms with Crippen molar-refractivity contribution in [1.29, 1.82) is 0 Å². The molecule has 116 valence electrons. The van der Waals surface area contributed by atoms with Crippen molar-refractivity contribution in [2.24, 2.45) is 0 Å². The number of ether oxygens (including phenoxy) is 1. The van der Waals surface area contributed by atoms with E-state index in [1.165, 1.54) is 23.7 Å². The minimum Gasteiger partial charge on any atom is -0.454 e. The van der Waals surface area contributed by atoms with E-state index in [1.807, 2.05) is 29.6 Å². The summed E-state index contributed by atoms with van der Waals surface area (Å²) in [6, 6.07) is 7.84. The molecule has 23 heavy (non-hydrogen) atoms. The van der Waals surface area contributed by atoms with Gasteiger partial charge >= 0.3 is 5.97 Å². The van der Waals surface area contributed by atoms with Crippen LogP contribution < -0.4 is 5.73 Å². The first-order valence-electron chi connectivity index (χ1n) is 6.57. The molecule has 0 amide bonds. The highest BCUT2D eigenvalue weighted by Crippen LogP contribution is 2.26. The maximum absolute atomic E-state index is 11.9. The van der Waals surface area contributed by atoms with E-state index in [-0.39, 0.29) is 18.1 Å². The standard InChI is InChI=1S/C15H11BrN4O2S/c16-10-3-1-2-9(6-10)14-20-11(8-23-14)7-22-15(21)12-13(17)19-5-4-18-12/h1-6,8H,7H2,(H2,17,19). The first-order chi connectivity index (χ1) is 11.1. The number of benzene rings is 1. The molecule has 0 unspecified atom stereocenters. The number of thiazole rings is 1. The van der Waals surface area contributed by atoms with E-state index in [2.05, 4.69) is 30.9 Å². The third kappa shape index (κ3) is 3.72. The van der Waals surface area contributed by atoms with Gasteiger partial charge in [-0.15, -0.1) is 11.3 Å². The van der Waals surface area contributed by atoms with Crippen molar-refractivity contribution in [2.45, 2.75) is 6.61 Å². The van der Waals surface area contributed by atoms with Gasteiger partial charge in [0.2, 0.25) is 0 Å². The summed E-state index contributed by atoms with van der Waals surface area (Å²) in [5.74, 6) is -0.571. The normalized spacial score (nSPS) is 10.5. The molecule has 0 aliphatic heterocycles. The Morgan fingerprint density at radius 3 is 2.91 bits per heavy atom. The fourth-order valence-electron chi connectivity index (χ4n) is 1.84. The highest BCUT2D eigenvalue weighted by molar-refractivity contribution is 9.10. The fraction of sp³-hybridized carbons (Fsp3) is 0.0667. The molecule has 2 aromatic heterocycles. The van der Waals surface area contributed by atoms with E-state index < -0.39 is 5.97 Å². The van der Waals surface area contributed by atoms with E-state index in [0.717, 1.165) is 15.0 Å². The van der Waals surface area contributed by atoms with Gasteiger partial charge in [-0.1, -0.05) is 28.1 Å². The fourth-order valence-corrected chi connectivity index (χ4v) is 3.04. The summed E-state index contributed by atoms with van der Waals surface area (Å²) in [5, 5.41) is 2.71. The van der Waals surface area contributed by atoms with Crippen LogP contribution in [0.3, 0.4) is 0 Å². The molecule has 3 rings (SSSR count). The lowest BCUT2D eigenvalue weighted by atomic mass is 10.2. The van der Waals surface area contributed by atoms with E-state index in [1.54, 1.807) is 0 Å². The molecule has 3 aromatic rings. The second kappa shape index (κ2) is 6.84. The lowest BCUT2D eigenvalue weighted by molar-refractivity contribution is 0.0462. The molecule has 0 fully saturated rings. The molecular formula is C15H11BrN4O2S. The highest BCUT2D eigenvalue weighted by Gasteiger charge is 2.14. The minimum absolute atomic E-state index is 0.00921. The third-order valence-electron chi connectivity index (χ3n) is 2.89. The summed E-state index contributed by atoms with van der Waals surface area (Å²) in [6.07, 6.45) is 2.80. The number of nitrogens with zero attached hydrogens (tertiary/aromatic N) is 3. The molecule has 0 aliphatic carbocycles. The second-order valence-electron chi connectivity index (χ2n) is 4.52. The van der Waals surface area contributed by atoms with Crippen molar-refractivity contribution < 1.29 is 9.53 Å². The largest absolute Gasteiger partial charge is 0.454 e. The molecule has 2 heterocycles. The van der Waals surface area contributed by atoms with Crippen molar-refractivity contribution >= 4 is 39.1 Å². The van der Waals surface area contributed by atoms with Gasteiger partial charge in [-0.2, -0.15) is 0 Å². The Morgan fingerprint density at radius 1 is 1.30 bits per heavy atom. The number of nitrogen functional groups attached to an aromatic ring is 1. The van der Waals surface area contributed by atoms with Crippen molar-refractivity contribution in [3.8, 4) is 10.6 Å². The van der Waals surface area contributed by atoms with Gasteiger partial charge in [0.15, 0.2) is 11.5 Å². The quantitative estimate of drug-likeness (QED) is 0.687. The Hall–Kier alpha value is -2.32. The Balaban J connectivity index is 1.68. The van der Waals surface area contributed by atoms with Crippen molar-refractivity contribution in [1.82, 2.24) is 15.0 Å². The molecule has 0 saturated heterocycles. The SMILES string of the molecule is Nc1nccnc1C(=O)OCc1csc(-c2cccc(Br)c2)n1. The summed E-state index contributed by atoms with van der Waals surface area (Å²) in [4.78, 5) is 24.1. The number of hydrogen-bond donors (Lipinski definition) is 1. The summed E-state index contributed by atoms with van der Waals surface area (Å²) in [7, 11) is 0. The maximum atomic E-state index is 11.9. The van der Waals surface area contributed by atoms with Crippen LogP contribution in [0.5, 0.6) is 0 Å². The molecule has 2 N–H and O–H groups in total. The predicted octanol–water partition coefficient (Wildman–Crippen LogP) is 3.30. The van der Waals surface area contributed by atoms with Crippen LogP contribution in [0, 0.1) is 0 Å². The Kier molecular flexibility index (Phi) is 4.63. The first kappa shape index (κ1) is 15.6. The number of hydrogen-bond acceptors (Lipinski definition) is 7. The van der Waals surface area contributed by atoms with E-state index in [4.69, 9.17) is 10.5 Å². The molecular weight excluding hydrogens is 380 g/mol. The molecule has 0 radical (unpaired) electrons. The first-order valence-corrected chi connectivity index (χ1v) is 8.24. The zero-order valence-corrected chi connectivity index (χ0v) is 14.2. The smallest absolute Gasteiger partial charge is 0.361 e. The zero-order chi connectivity index (χ0) is 16.2. The Morgan fingerprint density at radius 2 is 2.13 bits per heavy atom. The van der Waals surface area contributed by atoms with Crippen LogP contribution in [-0.4, -0.2) is 20.9 Å². The van der Waals surface area contributed by atoms with Crippen LogP contribution in [0.4, 0.5) is 5.82 Å². The number of aromatic nitrogens is 3. The number of nitrogens with two attached hydrogens (primary N) is 1. The lowest BCUT2D eigenvalue weighted by Crippen LogP contribution is -2.11. The van der Waals surface area contributed by atoms with E-state index >= 15 is 0 Å². The molecule has 0 bridgehead atoms. The van der Waals surface area contributed by atoms with Crippen LogP contribution in [0.1, 0.15) is 16.2 Å². The Bertz CT molecular complexity index is 853. The van der Waals surface area contributed by atoms with Gasteiger partial charge in [-0.25, -0.2) is 19.7 Å². The molecule has 0 atom stereocenters. The predicted molar refractivity (Wildman–Crippen MR) is 90.8 cm³/mol. The van der Waals surface area contributed by atoms with Crippen LogP contribution in [0.2, 0.25) is 0 Å². The number of rotatable bonds is 4. The summed E-state index contributed by atoms with van der Waals surface area (Å²) < 4.78 is 6.16. The van der Waals surface area contributed by atoms with Gasteiger partial charge in [0, 0.05) is 27.8 Å². The van der Waals surface area contributed by atoms with Gasteiger partial charge in [0.1, 0.15) is 11.6 Å². The van der Waals surface area contributed by atoms with Crippen LogP contribution in [0.15, 0.2) is 46.5 Å². The summed E-state index contributed by atoms with van der Waals surface area (Å²) in [6.45, 7) is 0.0549. The number of esters is 1. The minimum atomic E-state index is -0.618. The second-order valence-corrected chi connectivity index (χ2v) is 6.29. The molecule has 8 heteroatoms. The topological polar surface area (TPSA) is 91.0 Å². The third-order valence-corrected chi connectivity index (χ3v) is 4.33. The van der Waals surface area contributed by atoms with Crippen molar-refractivity contribution in [2.75, 3.05) is 5.73 Å². The number of carbonyl (C=O) groups is 1. The van der Waals surface area contributed by atoms with Crippen molar-refractivity contribution in [3.63, 3.8) is 0 Å². The van der Waals surface area contributed by atoms with E-state index in [9.17, 15) is 4.79 Å². The zero-order valence-electron chi connectivity index (χ0n) is 11.8. The molecule has 0 spiro atoms. The molecule has 6 nitrogen and oxygen atoms in total. The summed E-state index contributed by atoms with van der Waals surface area (Å²) in [5.41, 5.74) is 7.27. The highest BCUT2D eigenvalue weighted by atomic mass is 79.9. The summed E-state index contributed by atoms with van der Waals surface area (Å²) >= 11 is 4.92. The van der Waals surface area contributed by atoms with Crippen LogP contribution in [0.25, 0.3) is 10.6 Å². The van der Waals surface area contributed by atoms with Crippen LogP contribution >= 0.6 is 27.3 Å². The van der Waals surface area contributed by atoms with Gasteiger partial charge in [-0.3, -0.25) is 0 Å². The molecule has 1 aromatic carbocycles. The maximum Gasteiger partial charge on any atom is 0.361 e. The van der Waals surface area contributed by atoms with Gasteiger partial charge in [0.25, 0.3) is 0 Å². The van der Waals surface area contributed by atoms with Crippen LogP contribution in [-0.2, 0) is 11.3 Å². The van der Waals surface area contributed by atoms with Gasteiger partial charge in [0.05, 0.1) is 5.69 Å². The monoisotopic (exact) mass is 390 g/mol. The van der Waals surface area contributed by atoms with Gasteiger partial charge in [-0.05, 0) is 12.1 Å².